The van der Waals surface area contributed by atoms with Crippen LogP contribution in [0.5, 0.6) is 0 Å². The quantitative estimate of drug-likeness (QED) is 0.585. The third-order valence-corrected chi connectivity index (χ3v) is 5.05. The molecule has 0 aromatic carbocycles. The molecule has 0 radical (unpaired) electrons. The van der Waals surface area contributed by atoms with Crippen molar-refractivity contribution < 1.29 is 15.0 Å². The predicted molar refractivity (Wildman–Crippen MR) is 81.7 cm³/mol. The summed E-state index contributed by atoms with van der Waals surface area (Å²) in [5, 5.41) is 18.4. The fourth-order valence-corrected chi connectivity index (χ4v) is 3.51. The van der Waals surface area contributed by atoms with Gasteiger partial charge in [0.1, 0.15) is 0 Å². The minimum atomic E-state index is -0.575. The topological polar surface area (TPSA) is 57.5 Å². The predicted octanol–water partition coefficient (Wildman–Crippen LogP) is 4.38. The Labute approximate surface area is 123 Å². The van der Waals surface area contributed by atoms with Crippen LogP contribution in [0.2, 0.25) is 0 Å². The summed E-state index contributed by atoms with van der Waals surface area (Å²) in [6.45, 7) is 2.47. The number of aliphatic carboxylic acids is 1. The van der Waals surface area contributed by atoms with Crippen molar-refractivity contribution in [2.24, 2.45) is 11.3 Å². The minimum Gasteiger partial charge on any atom is -0.481 e. The largest absolute Gasteiger partial charge is 0.481 e. The van der Waals surface area contributed by atoms with Crippen LogP contribution in [0.25, 0.3) is 0 Å². The highest BCUT2D eigenvalue weighted by Crippen LogP contribution is 2.44. The Bertz CT molecular complexity index is 262. The highest BCUT2D eigenvalue weighted by molar-refractivity contribution is 5.74. The van der Waals surface area contributed by atoms with E-state index in [1.807, 2.05) is 0 Å². The third kappa shape index (κ3) is 5.43. The molecule has 1 saturated carbocycles. The Kier molecular flexibility index (Phi) is 8.20. The number of rotatable bonds is 10. The SMILES string of the molecule is CCCCC1CCC(CCCCCCO)(C(=O)O)CC1. The maximum absolute atomic E-state index is 11.7. The lowest BCUT2D eigenvalue weighted by Gasteiger charge is -2.37. The summed E-state index contributed by atoms with van der Waals surface area (Å²) in [6.07, 6.45) is 12.5. The molecule has 0 amide bonds. The number of carboxylic acid groups (broad SMARTS) is 1. The maximum Gasteiger partial charge on any atom is 0.309 e. The van der Waals surface area contributed by atoms with Gasteiger partial charge in [-0.15, -0.1) is 0 Å². The van der Waals surface area contributed by atoms with Gasteiger partial charge < -0.3 is 10.2 Å². The lowest BCUT2D eigenvalue weighted by Crippen LogP contribution is -2.35. The van der Waals surface area contributed by atoms with Crippen LogP contribution >= 0.6 is 0 Å². The molecule has 0 aromatic rings. The number of unbranched alkanes of at least 4 members (excludes halogenated alkanes) is 4. The summed E-state index contributed by atoms with van der Waals surface area (Å²) in [5.74, 6) is 0.186. The van der Waals surface area contributed by atoms with E-state index in [4.69, 9.17) is 5.11 Å². The van der Waals surface area contributed by atoms with E-state index in [2.05, 4.69) is 6.92 Å². The van der Waals surface area contributed by atoms with Gasteiger partial charge >= 0.3 is 5.97 Å². The summed E-state index contributed by atoms with van der Waals surface area (Å²) in [6, 6.07) is 0. The van der Waals surface area contributed by atoms with Crippen molar-refractivity contribution in [2.75, 3.05) is 6.61 Å². The molecule has 1 aliphatic carbocycles. The maximum atomic E-state index is 11.7. The molecule has 1 aliphatic rings. The van der Waals surface area contributed by atoms with Crippen molar-refractivity contribution in [1.29, 1.82) is 0 Å². The van der Waals surface area contributed by atoms with Crippen molar-refractivity contribution in [2.45, 2.75) is 84.0 Å². The van der Waals surface area contributed by atoms with Crippen LogP contribution in [0.1, 0.15) is 84.0 Å². The summed E-state index contributed by atoms with van der Waals surface area (Å²) >= 11 is 0. The molecule has 1 fully saturated rings. The van der Waals surface area contributed by atoms with E-state index in [1.54, 1.807) is 0 Å². The number of aliphatic hydroxyl groups excluding tert-OH is 1. The summed E-state index contributed by atoms with van der Waals surface area (Å²) in [4.78, 5) is 11.7. The molecular formula is C17H32O3. The molecule has 0 aliphatic heterocycles. The molecule has 20 heavy (non-hydrogen) atoms. The van der Waals surface area contributed by atoms with E-state index in [0.717, 1.165) is 63.7 Å². The zero-order valence-electron chi connectivity index (χ0n) is 13.1. The Hall–Kier alpha value is -0.570. The van der Waals surface area contributed by atoms with Gasteiger partial charge in [-0.05, 0) is 44.4 Å². The van der Waals surface area contributed by atoms with E-state index in [9.17, 15) is 9.90 Å². The lowest BCUT2D eigenvalue weighted by molar-refractivity contribution is -0.152. The van der Waals surface area contributed by atoms with Gasteiger partial charge in [0.25, 0.3) is 0 Å². The van der Waals surface area contributed by atoms with Gasteiger partial charge in [-0.1, -0.05) is 45.4 Å². The van der Waals surface area contributed by atoms with Crippen LogP contribution in [0.15, 0.2) is 0 Å². The normalized spacial score (nSPS) is 26.6. The van der Waals surface area contributed by atoms with Crippen LogP contribution in [0.3, 0.4) is 0 Å². The smallest absolute Gasteiger partial charge is 0.309 e. The first-order valence-electron chi connectivity index (χ1n) is 8.49. The molecule has 0 unspecified atom stereocenters. The average molecular weight is 284 g/mol. The number of carbonyl (C=O) groups is 1. The summed E-state index contributed by atoms with van der Waals surface area (Å²) < 4.78 is 0. The molecule has 1 rings (SSSR count). The zero-order valence-corrected chi connectivity index (χ0v) is 13.1. The first kappa shape index (κ1) is 17.5. The second-order valence-electron chi connectivity index (χ2n) is 6.56. The first-order chi connectivity index (χ1) is 9.64. The molecule has 3 nitrogen and oxygen atoms in total. The summed E-state index contributed by atoms with van der Waals surface area (Å²) in [7, 11) is 0. The number of hydrogen-bond donors (Lipinski definition) is 2. The molecule has 0 atom stereocenters. The highest BCUT2D eigenvalue weighted by Gasteiger charge is 2.40. The van der Waals surface area contributed by atoms with Gasteiger partial charge in [-0.2, -0.15) is 0 Å². The summed E-state index contributed by atoms with van der Waals surface area (Å²) in [5.41, 5.74) is -0.443. The Balaban J connectivity index is 2.35. The average Bonchev–Trinajstić information content (AvgIpc) is 2.46. The van der Waals surface area contributed by atoms with Crippen LogP contribution in [0, 0.1) is 11.3 Å². The van der Waals surface area contributed by atoms with E-state index in [0.29, 0.717) is 0 Å². The molecule has 0 bridgehead atoms. The van der Waals surface area contributed by atoms with Crippen LogP contribution < -0.4 is 0 Å². The number of hydrogen-bond acceptors (Lipinski definition) is 2. The minimum absolute atomic E-state index is 0.253. The third-order valence-electron chi connectivity index (χ3n) is 5.05. The van der Waals surface area contributed by atoms with E-state index >= 15 is 0 Å². The van der Waals surface area contributed by atoms with Crippen molar-refractivity contribution in [3.63, 3.8) is 0 Å². The van der Waals surface area contributed by atoms with Gasteiger partial charge in [-0.3, -0.25) is 4.79 Å². The van der Waals surface area contributed by atoms with Gasteiger partial charge in [-0.25, -0.2) is 0 Å². The molecule has 0 aromatic heterocycles. The second-order valence-corrected chi connectivity index (χ2v) is 6.56. The van der Waals surface area contributed by atoms with Crippen LogP contribution in [-0.2, 0) is 4.79 Å². The molecule has 0 spiro atoms. The van der Waals surface area contributed by atoms with Gasteiger partial charge in [0.15, 0.2) is 0 Å². The Morgan fingerprint density at radius 3 is 2.30 bits per heavy atom. The van der Waals surface area contributed by atoms with E-state index in [-0.39, 0.29) is 6.61 Å². The molecule has 0 saturated heterocycles. The molecular weight excluding hydrogens is 252 g/mol. The monoisotopic (exact) mass is 284 g/mol. The van der Waals surface area contributed by atoms with E-state index in [1.165, 1.54) is 19.3 Å². The fourth-order valence-electron chi connectivity index (χ4n) is 3.51. The number of carboxylic acids is 1. The first-order valence-corrected chi connectivity index (χ1v) is 8.49. The highest BCUT2D eigenvalue weighted by atomic mass is 16.4. The molecule has 2 N–H and O–H groups in total. The zero-order chi connectivity index (χ0) is 14.8. The van der Waals surface area contributed by atoms with Crippen molar-refractivity contribution in [1.82, 2.24) is 0 Å². The van der Waals surface area contributed by atoms with Crippen molar-refractivity contribution in [3.8, 4) is 0 Å². The van der Waals surface area contributed by atoms with E-state index < -0.39 is 11.4 Å². The van der Waals surface area contributed by atoms with Gasteiger partial charge in [0, 0.05) is 6.61 Å². The molecule has 118 valence electrons. The van der Waals surface area contributed by atoms with Crippen LogP contribution in [-0.4, -0.2) is 22.8 Å². The van der Waals surface area contributed by atoms with Gasteiger partial charge in [0.05, 0.1) is 5.41 Å². The van der Waals surface area contributed by atoms with Crippen LogP contribution in [0.4, 0.5) is 0 Å². The van der Waals surface area contributed by atoms with Crippen molar-refractivity contribution >= 4 is 5.97 Å². The lowest BCUT2D eigenvalue weighted by atomic mass is 9.67. The van der Waals surface area contributed by atoms with Crippen molar-refractivity contribution in [3.05, 3.63) is 0 Å². The standard InChI is InChI=1S/C17H32O3/c1-2-3-8-15-9-12-17(13-10-15,16(19)20)11-6-4-5-7-14-18/h15,18H,2-14H2,1H3,(H,19,20). The second kappa shape index (κ2) is 9.38. The Morgan fingerprint density at radius 2 is 1.75 bits per heavy atom. The number of aliphatic hydroxyl groups is 1. The van der Waals surface area contributed by atoms with Gasteiger partial charge in [0.2, 0.25) is 0 Å². The molecule has 3 heteroatoms. The fraction of sp³-hybridized carbons (Fsp3) is 0.941. The Morgan fingerprint density at radius 1 is 1.10 bits per heavy atom. The molecule has 0 heterocycles.